The average Bonchev–Trinajstić information content (AvgIpc) is 3.41. The summed E-state index contributed by atoms with van der Waals surface area (Å²) in [6.45, 7) is 3.71. The van der Waals surface area contributed by atoms with E-state index in [0.29, 0.717) is 12.8 Å². The monoisotopic (exact) mass is 1050 g/mol. The normalized spacial score (nSPS) is 19.8. The highest BCUT2D eigenvalue weighted by molar-refractivity contribution is 5.76. The lowest BCUT2D eigenvalue weighted by Crippen LogP contribution is -2.60. The van der Waals surface area contributed by atoms with Crippen molar-refractivity contribution < 1.29 is 39.8 Å². The van der Waals surface area contributed by atoms with Gasteiger partial charge < -0.3 is 40.3 Å². The van der Waals surface area contributed by atoms with Crippen molar-refractivity contribution >= 4 is 5.91 Å². The number of allylic oxidation sites excluding steroid dienone is 20. The van der Waals surface area contributed by atoms with Gasteiger partial charge >= 0.3 is 0 Å². The number of amides is 1. The van der Waals surface area contributed by atoms with Crippen LogP contribution in [0.25, 0.3) is 0 Å². The molecule has 1 aliphatic rings. The summed E-state index contributed by atoms with van der Waals surface area (Å²) in [5.41, 5.74) is 0. The topological polar surface area (TPSA) is 149 Å². The van der Waals surface area contributed by atoms with Crippen LogP contribution in [0.3, 0.4) is 0 Å². The maximum absolute atomic E-state index is 13.1. The number of nitrogens with one attached hydrogen (secondary N) is 1. The molecule has 0 radical (unpaired) electrons. The van der Waals surface area contributed by atoms with E-state index in [-0.39, 0.29) is 12.5 Å². The van der Waals surface area contributed by atoms with Gasteiger partial charge in [-0.05, 0) is 89.9 Å². The standard InChI is InChI=1S/C66H111NO8/c1-3-5-7-9-11-13-15-17-19-20-21-22-23-24-25-26-27-28-29-30-31-32-33-34-35-36-37-38-39-40-42-44-46-48-50-52-54-56-62(70)67-59(58-74-66-65(73)64(72)63(71)61(57-68)75-66)60(69)55-53-51-49-47-45-43-41-18-16-14-12-10-8-6-4-2/h5,7,11,13,17,19,21-22,24-25,27-28,30-31,33-34,36-37,39-40,59-61,63-66,68-69,71-73H,3-4,6,8-10,12,14-16,18,20,23,26,29,32,35,38,41-58H2,1-2H3,(H,67,70)/b7-5-,13-11-,19-17-,22-21-,25-24-,28-27-,31-30-,34-33-,37-36-,40-39-. The molecule has 9 heteroatoms. The Hall–Kier alpha value is -3.41. The van der Waals surface area contributed by atoms with Gasteiger partial charge in [-0.15, -0.1) is 0 Å². The Labute approximate surface area is 458 Å². The third-order valence-corrected chi connectivity index (χ3v) is 13.6. The summed E-state index contributed by atoms with van der Waals surface area (Å²) in [4.78, 5) is 13.1. The van der Waals surface area contributed by atoms with Gasteiger partial charge in [-0.3, -0.25) is 4.79 Å². The van der Waals surface area contributed by atoms with E-state index in [1.165, 1.54) is 77.0 Å². The Morgan fingerprint density at radius 3 is 1.23 bits per heavy atom. The van der Waals surface area contributed by atoms with Gasteiger partial charge in [0.05, 0.1) is 25.4 Å². The Bertz CT molecular complexity index is 1590. The van der Waals surface area contributed by atoms with Gasteiger partial charge in [0.15, 0.2) is 6.29 Å². The lowest BCUT2D eigenvalue weighted by molar-refractivity contribution is -0.302. The minimum atomic E-state index is -1.56. The molecule has 1 aliphatic heterocycles. The fraction of sp³-hybridized carbons (Fsp3) is 0.682. The van der Waals surface area contributed by atoms with Crippen LogP contribution >= 0.6 is 0 Å². The minimum Gasteiger partial charge on any atom is -0.394 e. The van der Waals surface area contributed by atoms with E-state index in [2.05, 4.69) is 141 Å². The van der Waals surface area contributed by atoms with Gasteiger partial charge in [-0.2, -0.15) is 0 Å². The molecule has 6 N–H and O–H groups in total. The molecular weight excluding hydrogens is 935 g/mol. The number of hydrogen-bond acceptors (Lipinski definition) is 8. The summed E-state index contributed by atoms with van der Waals surface area (Å²) >= 11 is 0. The Morgan fingerprint density at radius 1 is 0.467 bits per heavy atom. The first-order chi connectivity index (χ1) is 36.8. The molecule has 0 aromatic rings. The quantitative estimate of drug-likeness (QED) is 0.0261. The number of aliphatic hydroxyl groups excluding tert-OH is 5. The molecule has 428 valence electrons. The van der Waals surface area contributed by atoms with Crippen LogP contribution < -0.4 is 5.32 Å². The fourth-order valence-corrected chi connectivity index (χ4v) is 8.84. The number of carbonyl (C=O) groups is 1. The van der Waals surface area contributed by atoms with E-state index in [1.807, 2.05) is 0 Å². The lowest BCUT2D eigenvalue weighted by Gasteiger charge is -2.40. The highest BCUT2D eigenvalue weighted by Crippen LogP contribution is 2.23. The highest BCUT2D eigenvalue weighted by atomic mass is 16.7. The molecule has 7 atom stereocenters. The molecule has 75 heavy (non-hydrogen) atoms. The van der Waals surface area contributed by atoms with E-state index in [9.17, 15) is 30.3 Å². The number of ether oxygens (including phenoxy) is 2. The van der Waals surface area contributed by atoms with Crippen molar-refractivity contribution in [3.8, 4) is 0 Å². The maximum atomic E-state index is 13.1. The molecule has 1 fully saturated rings. The Morgan fingerprint density at radius 2 is 0.827 bits per heavy atom. The van der Waals surface area contributed by atoms with E-state index < -0.39 is 49.5 Å². The molecule has 0 saturated carbocycles. The zero-order valence-electron chi connectivity index (χ0n) is 47.5. The number of aliphatic hydroxyl groups is 5. The second-order valence-corrected chi connectivity index (χ2v) is 20.4. The van der Waals surface area contributed by atoms with Gasteiger partial charge in [0, 0.05) is 6.42 Å². The van der Waals surface area contributed by atoms with Crippen LogP contribution in [0, 0.1) is 0 Å². The summed E-state index contributed by atoms with van der Waals surface area (Å²) < 4.78 is 11.3. The van der Waals surface area contributed by atoms with Crippen LogP contribution in [-0.2, 0) is 14.3 Å². The lowest BCUT2D eigenvalue weighted by atomic mass is 9.99. The van der Waals surface area contributed by atoms with E-state index in [1.54, 1.807) is 0 Å². The van der Waals surface area contributed by atoms with Crippen LogP contribution in [0.2, 0.25) is 0 Å². The Kier molecular flexibility index (Phi) is 50.1. The molecule has 1 saturated heterocycles. The Balaban J connectivity index is 2.19. The first-order valence-corrected chi connectivity index (χ1v) is 30.2. The van der Waals surface area contributed by atoms with Gasteiger partial charge in [0.2, 0.25) is 5.91 Å². The molecular formula is C66H111NO8. The van der Waals surface area contributed by atoms with Gasteiger partial charge in [0.25, 0.3) is 0 Å². The van der Waals surface area contributed by atoms with Gasteiger partial charge in [-0.25, -0.2) is 0 Å². The minimum absolute atomic E-state index is 0.151. The van der Waals surface area contributed by atoms with Crippen LogP contribution in [0.1, 0.15) is 232 Å². The zero-order chi connectivity index (χ0) is 54.3. The van der Waals surface area contributed by atoms with Crippen LogP contribution in [-0.4, -0.2) is 87.5 Å². The molecule has 1 amide bonds. The van der Waals surface area contributed by atoms with Crippen molar-refractivity contribution in [1.82, 2.24) is 5.32 Å². The second kappa shape index (κ2) is 54.0. The SMILES string of the molecule is CC/C=C\C/C=C\C/C=C\C/C=C\C/C=C\C/C=C\C/C=C\C/C=C\C/C=C\C/C=C\CCCCCCCCC(=O)NC(COC1OC(CO)C(O)C(O)C1O)C(O)CCCCCCCCCCCCCCCCC. The number of rotatable bonds is 50. The molecule has 9 nitrogen and oxygen atoms in total. The summed E-state index contributed by atoms with van der Waals surface area (Å²) in [5, 5.41) is 54.6. The predicted molar refractivity (Wildman–Crippen MR) is 317 cm³/mol. The highest BCUT2D eigenvalue weighted by Gasteiger charge is 2.44. The van der Waals surface area contributed by atoms with E-state index in [4.69, 9.17) is 9.47 Å². The van der Waals surface area contributed by atoms with Crippen LogP contribution in [0.4, 0.5) is 0 Å². The summed E-state index contributed by atoms with van der Waals surface area (Å²) in [5.74, 6) is -0.163. The van der Waals surface area contributed by atoms with Crippen molar-refractivity contribution in [2.75, 3.05) is 13.2 Å². The van der Waals surface area contributed by atoms with Crippen molar-refractivity contribution in [1.29, 1.82) is 0 Å². The molecule has 0 aromatic heterocycles. The van der Waals surface area contributed by atoms with Crippen LogP contribution in [0.5, 0.6) is 0 Å². The average molecular weight is 1050 g/mol. The number of unbranched alkanes of at least 4 members (excludes halogenated alkanes) is 20. The predicted octanol–water partition coefficient (Wildman–Crippen LogP) is 15.5. The largest absolute Gasteiger partial charge is 0.394 e. The molecule has 1 heterocycles. The summed E-state index contributed by atoms with van der Waals surface area (Å²) in [6, 6.07) is -0.736. The molecule has 0 spiro atoms. The van der Waals surface area contributed by atoms with Crippen molar-refractivity contribution in [2.45, 2.75) is 275 Å². The van der Waals surface area contributed by atoms with Gasteiger partial charge in [0.1, 0.15) is 24.4 Å². The van der Waals surface area contributed by atoms with E-state index >= 15 is 0 Å². The molecule has 7 unspecified atom stereocenters. The second-order valence-electron chi connectivity index (χ2n) is 20.4. The third-order valence-electron chi connectivity index (χ3n) is 13.6. The summed E-state index contributed by atoms with van der Waals surface area (Å²) in [7, 11) is 0. The third kappa shape index (κ3) is 43.3. The van der Waals surface area contributed by atoms with Crippen molar-refractivity contribution in [3.63, 3.8) is 0 Å². The zero-order valence-corrected chi connectivity index (χ0v) is 47.5. The first kappa shape index (κ1) is 69.6. The van der Waals surface area contributed by atoms with Gasteiger partial charge in [-0.1, -0.05) is 257 Å². The fourth-order valence-electron chi connectivity index (χ4n) is 8.84. The van der Waals surface area contributed by atoms with Crippen molar-refractivity contribution in [2.24, 2.45) is 0 Å². The first-order valence-electron chi connectivity index (χ1n) is 30.2. The summed E-state index contributed by atoms with van der Waals surface area (Å²) in [6.07, 6.45) is 73.7. The van der Waals surface area contributed by atoms with Crippen LogP contribution in [0.15, 0.2) is 122 Å². The van der Waals surface area contributed by atoms with E-state index in [0.717, 1.165) is 128 Å². The maximum Gasteiger partial charge on any atom is 0.220 e. The molecule has 0 bridgehead atoms. The molecule has 0 aromatic carbocycles. The number of hydrogen-bond donors (Lipinski definition) is 6. The van der Waals surface area contributed by atoms with Crippen molar-refractivity contribution in [3.05, 3.63) is 122 Å². The molecule has 0 aliphatic carbocycles. The smallest absolute Gasteiger partial charge is 0.220 e. The molecule has 1 rings (SSSR count). The number of carbonyl (C=O) groups excluding carboxylic acids is 1.